The second-order valence-electron chi connectivity index (χ2n) is 4.48. The van der Waals surface area contributed by atoms with Gasteiger partial charge in [0.25, 0.3) is 0 Å². The summed E-state index contributed by atoms with van der Waals surface area (Å²) in [5, 5.41) is 14.1. The molecule has 0 aliphatic heterocycles. The number of carboxylic acids is 1. The van der Waals surface area contributed by atoms with Crippen LogP contribution in [0.15, 0.2) is 24.3 Å². The summed E-state index contributed by atoms with van der Waals surface area (Å²) >= 11 is 0. The zero-order chi connectivity index (χ0) is 12.6. The van der Waals surface area contributed by atoms with Crippen LogP contribution in [-0.4, -0.2) is 20.9 Å². The van der Waals surface area contributed by atoms with Gasteiger partial charge in [-0.1, -0.05) is 18.2 Å². The lowest BCUT2D eigenvalue weighted by Gasteiger charge is -2.20. The van der Waals surface area contributed by atoms with E-state index < -0.39 is 11.5 Å². The molecule has 0 aliphatic carbocycles. The highest BCUT2D eigenvalue weighted by atomic mass is 16.4. The average molecular weight is 233 g/mol. The lowest BCUT2D eigenvalue weighted by molar-refractivity contribution is -0.138. The molecule has 5 heteroatoms. The average Bonchev–Trinajstić information content (AvgIpc) is 2.56. The summed E-state index contributed by atoms with van der Waals surface area (Å²) in [6.45, 7) is 1.69. The van der Waals surface area contributed by atoms with Gasteiger partial charge >= 0.3 is 5.97 Å². The smallest absolute Gasteiger partial charge is 0.305 e. The molecule has 3 N–H and O–H groups in total. The summed E-state index contributed by atoms with van der Waals surface area (Å²) in [4.78, 5) is 10.8. The van der Waals surface area contributed by atoms with Crippen molar-refractivity contribution in [1.29, 1.82) is 0 Å². The number of carbonyl (C=O) groups is 1. The number of aromatic nitrogens is 2. The van der Waals surface area contributed by atoms with Crippen LogP contribution in [0, 0.1) is 0 Å². The van der Waals surface area contributed by atoms with Crippen LogP contribution in [0.5, 0.6) is 0 Å². The van der Waals surface area contributed by atoms with E-state index in [1.54, 1.807) is 11.6 Å². The molecule has 0 aliphatic rings. The van der Waals surface area contributed by atoms with Crippen molar-refractivity contribution in [3.63, 3.8) is 0 Å². The SMILES string of the molecule is Cn1nc(C(C)(N)CC(=O)O)c2ccccc21. The van der Waals surface area contributed by atoms with Gasteiger partial charge in [0.15, 0.2) is 0 Å². The fourth-order valence-corrected chi connectivity index (χ4v) is 2.03. The monoisotopic (exact) mass is 233 g/mol. The molecule has 0 saturated heterocycles. The van der Waals surface area contributed by atoms with Crippen LogP contribution in [0.1, 0.15) is 19.0 Å². The number of hydrogen-bond acceptors (Lipinski definition) is 3. The summed E-state index contributed by atoms with van der Waals surface area (Å²) in [6, 6.07) is 7.65. The third kappa shape index (κ3) is 2.01. The molecule has 2 rings (SSSR count). The molecular weight excluding hydrogens is 218 g/mol. The van der Waals surface area contributed by atoms with Crippen molar-refractivity contribution >= 4 is 16.9 Å². The Morgan fingerprint density at radius 3 is 2.82 bits per heavy atom. The molecule has 5 nitrogen and oxygen atoms in total. The molecule has 0 fully saturated rings. The highest BCUT2D eigenvalue weighted by Crippen LogP contribution is 2.28. The Labute approximate surface area is 98.8 Å². The molecule has 0 radical (unpaired) electrons. The number of nitrogens with two attached hydrogens (primary N) is 1. The Morgan fingerprint density at radius 1 is 1.53 bits per heavy atom. The number of hydrogen-bond donors (Lipinski definition) is 2. The zero-order valence-electron chi connectivity index (χ0n) is 9.84. The Bertz CT molecular complexity index is 572. The first-order chi connectivity index (χ1) is 7.92. The highest BCUT2D eigenvalue weighted by Gasteiger charge is 2.29. The fourth-order valence-electron chi connectivity index (χ4n) is 2.03. The van der Waals surface area contributed by atoms with Gasteiger partial charge in [0.2, 0.25) is 0 Å². The molecule has 1 atom stereocenters. The van der Waals surface area contributed by atoms with E-state index in [2.05, 4.69) is 5.10 Å². The lowest BCUT2D eigenvalue weighted by atomic mass is 9.92. The maximum atomic E-state index is 10.8. The zero-order valence-corrected chi connectivity index (χ0v) is 9.84. The van der Waals surface area contributed by atoms with Crippen LogP contribution in [0.25, 0.3) is 10.9 Å². The van der Waals surface area contributed by atoms with Gasteiger partial charge < -0.3 is 10.8 Å². The minimum atomic E-state index is -0.966. The van der Waals surface area contributed by atoms with Gasteiger partial charge in [0.1, 0.15) is 0 Å². The molecule has 2 aromatic rings. The molecule has 1 aromatic carbocycles. The van der Waals surface area contributed by atoms with E-state index in [1.807, 2.05) is 31.3 Å². The van der Waals surface area contributed by atoms with Gasteiger partial charge in [-0.25, -0.2) is 0 Å². The topological polar surface area (TPSA) is 81.1 Å². The summed E-state index contributed by atoms with van der Waals surface area (Å²) < 4.78 is 1.72. The Hall–Kier alpha value is -1.88. The van der Waals surface area contributed by atoms with E-state index in [0.717, 1.165) is 10.9 Å². The molecule has 17 heavy (non-hydrogen) atoms. The number of benzene rings is 1. The first-order valence-electron chi connectivity index (χ1n) is 5.35. The van der Waals surface area contributed by atoms with Crippen LogP contribution in [0.4, 0.5) is 0 Å². The van der Waals surface area contributed by atoms with E-state index in [0.29, 0.717) is 5.69 Å². The van der Waals surface area contributed by atoms with Crippen LogP contribution < -0.4 is 5.73 Å². The highest BCUT2D eigenvalue weighted by molar-refractivity contribution is 5.83. The summed E-state index contributed by atoms with van der Waals surface area (Å²) in [7, 11) is 1.82. The third-order valence-electron chi connectivity index (χ3n) is 2.82. The molecule has 90 valence electrons. The largest absolute Gasteiger partial charge is 0.481 e. The van der Waals surface area contributed by atoms with Gasteiger partial charge in [0.05, 0.1) is 23.2 Å². The maximum absolute atomic E-state index is 10.8. The first-order valence-corrected chi connectivity index (χ1v) is 5.35. The standard InChI is InChI=1S/C12H15N3O2/c1-12(13,7-10(16)17)11-8-5-3-4-6-9(8)15(2)14-11/h3-6H,7,13H2,1-2H3,(H,16,17). The molecule has 0 saturated carbocycles. The van der Waals surface area contributed by atoms with E-state index in [-0.39, 0.29) is 6.42 Å². The Kier molecular flexibility index (Phi) is 2.63. The molecule has 0 bridgehead atoms. The van der Waals surface area contributed by atoms with Crippen molar-refractivity contribution in [3.05, 3.63) is 30.0 Å². The van der Waals surface area contributed by atoms with Gasteiger partial charge in [-0.15, -0.1) is 0 Å². The minimum Gasteiger partial charge on any atom is -0.481 e. The van der Waals surface area contributed by atoms with Gasteiger partial charge in [-0.05, 0) is 13.0 Å². The molecule has 1 heterocycles. The normalized spacial score (nSPS) is 14.8. The van der Waals surface area contributed by atoms with Crippen LogP contribution in [-0.2, 0) is 17.4 Å². The lowest BCUT2D eigenvalue weighted by Crippen LogP contribution is -2.36. The van der Waals surface area contributed by atoms with Crippen LogP contribution in [0.3, 0.4) is 0 Å². The van der Waals surface area contributed by atoms with E-state index >= 15 is 0 Å². The van der Waals surface area contributed by atoms with Crippen LogP contribution >= 0.6 is 0 Å². The third-order valence-corrected chi connectivity index (χ3v) is 2.82. The quantitative estimate of drug-likeness (QED) is 0.835. The number of fused-ring (bicyclic) bond motifs is 1. The van der Waals surface area contributed by atoms with Gasteiger partial charge in [0, 0.05) is 12.4 Å². The van der Waals surface area contributed by atoms with E-state index in [4.69, 9.17) is 10.8 Å². The van der Waals surface area contributed by atoms with Crippen molar-refractivity contribution in [3.8, 4) is 0 Å². The van der Waals surface area contributed by atoms with Crippen molar-refractivity contribution in [2.45, 2.75) is 18.9 Å². The van der Waals surface area contributed by atoms with Crippen molar-refractivity contribution in [2.75, 3.05) is 0 Å². The van der Waals surface area contributed by atoms with Gasteiger partial charge in [-0.3, -0.25) is 9.48 Å². The molecule has 0 amide bonds. The van der Waals surface area contributed by atoms with E-state index in [1.165, 1.54) is 0 Å². The number of carboxylic acid groups (broad SMARTS) is 1. The summed E-state index contributed by atoms with van der Waals surface area (Å²) in [5.74, 6) is -0.926. The second kappa shape index (κ2) is 3.85. The number of para-hydroxylation sites is 1. The number of aryl methyl sites for hydroxylation is 1. The minimum absolute atomic E-state index is 0.145. The second-order valence-corrected chi connectivity index (χ2v) is 4.48. The Balaban J connectivity index is 2.59. The number of rotatable bonds is 3. The number of aliphatic carboxylic acids is 1. The number of nitrogens with zero attached hydrogens (tertiary/aromatic N) is 2. The molecule has 0 spiro atoms. The predicted octanol–water partition coefficient (Wildman–Crippen LogP) is 1.22. The van der Waals surface area contributed by atoms with Gasteiger partial charge in [-0.2, -0.15) is 5.10 Å². The maximum Gasteiger partial charge on any atom is 0.305 e. The van der Waals surface area contributed by atoms with E-state index in [9.17, 15) is 4.79 Å². The summed E-state index contributed by atoms with van der Waals surface area (Å²) in [6.07, 6.45) is -0.145. The molecule has 1 aromatic heterocycles. The fraction of sp³-hybridized carbons (Fsp3) is 0.333. The Morgan fingerprint density at radius 2 is 2.18 bits per heavy atom. The predicted molar refractivity (Wildman–Crippen MR) is 64.5 cm³/mol. The van der Waals surface area contributed by atoms with Crippen molar-refractivity contribution in [2.24, 2.45) is 12.8 Å². The summed E-state index contributed by atoms with van der Waals surface area (Å²) in [5.41, 5.74) is 6.67. The molecular formula is C12H15N3O2. The van der Waals surface area contributed by atoms with Crippen LogP contribution in [0.2, 0.25) is 0 Å². The molecule has 1 unspecified atom stereocenters. The van der Waals surface area contributed by atoms with Crippen molar-refractivity contribution < 1.29 is 9.90 Å². The first kappa shape index (κ1) is 11.6. The van der Waals surface area contributed by atoms with Crippen molar-refractivity contribution in [1.82, 2.24) is 9.78 Å².